The molecule has 3 heteroatoms. The third-order valence-corrected chi connectivity index (χ3v) is 3.84. The van der Waals surface area contributed by atoms with Gasteiger partial charge in [0.05, 0.1) is 6.04 Å². The number of carbonyl (C=O) groups is 1. The molecule has 1 aliphatic rings. The Bertz CT molecular complexity index is 410. The van der Waals surface area contributed by atoms with Crippen LogP contribution in [0.3, 0.4) is 0 Å². The van der Waals surface area contributed by atoms with Crippen molar-refractivity contribution < 1.29 is 4.79 Å². The molecule has 3 nitrogen and oxygen atoms in total. The number of hydrogen-bond acceptors (Lipinski definition) is 2. The molecule has 0 bridgehead atoms. The van der Waals surface area contributed by atoms with Gasteiger partial charge in [0.15, 0.2) is 0 Å². The second-order valence-corrected chi connectivity index (χ2v) is 6.16. The molecule has 1 heterocycles. The summed E-state index contributed by atoms with van der Waals surface area (Å²) in [7, 11) is 0. The molecule has 1 fully saturated rings. The van der Waals surface area contributed by atoms with Crippen LogP contribution in [0.4, 0.5) is 0 Å². The summed E-state index contributed by atoms with van der Waals surface area (Å²) in [6.45, 7) is 5.44. The lowest BCUT2D eigenvalue weighted by Gasteiger charge is -2.22. The first-order valence-electron chi connectivity index (χ1n) is 7.73. The highest BCUT2D eigenvalue weighted by Crippen LogP contribution is 2.21. The first kappa shape index (κ1) is 15.0. The number of nitrogens with one attached hydrogen (secondary N) is 2. The Morgan fingerprint density at radius 3 is 2.70 bits per heavy atom. The zero-order chi connectivity index (χ0) is 14.4. The molecule has 1 aliphatic heterocycles. The first-order valence-corrected chi connectivity index (χ1v) is 7.73. The first-order chi connectivity index (χ1) is 9.65. The van der Waals surface area contributed by atoms with Gasteiger partial charge in [0.1, 0.15) is 0 Å². The molecule has 2 unspecified atom stereocenters. The van der Waals surface area contributed by atoms with Gasteiger partial charge in [-0.2, -0.15) is 0 Å². The lowest BCUT2D eigenvalue weighted by molar-refractivity contribution is -0.122. The number of benzene rings is 1. The fourth-order valence-electron chi connectivity index (χ4n) is 2.84. The number of carbonyl (C=O) groups excluding carboxylic acids is 1. The van der Waals surface area contributed by atoms with Crippen LogP contribution in [-0.2, 0) is 4.79 Å². The van der Waals surface area contributed by atoms with Gasteiger partial charge in [0.25, 0.3) is 0 Å². The molecule has 1 aromatic rings. The molecule has 2 atom stereocenters. The second-order valence-electron chi connectivity index (χ2n) is 6.16. The van der Waals surface area contributed by atoms with Crippen LogP contribution in [0.5, 0.6) is 0 Å². The molecule has 0 aromatic heterocycles. The minimum Gasteiger partial charge on any atom is -0.349 e. The normalized spacial score (nSPS) is 20.1. The van der Waals surface area contributed by atoms with Crippen LogP contribution in [0.25, 0.3) is 0 Å². The fourth-order valence-corrected chi connectivity index (χ4v) is 2.84. The van der Waals surface area contributed by atoms with Crippen molar-refractivity contribution in [2.45, 2.75) is 51.6 Å². The summed E-state index contributed by atoms with van der Waals surface area (Å²) >= 11 is 0. The van der Waals surface area contributed by atoms with Gasteiger partial charge >= 0.3 is 0 Å². The molecule has 1 saturated heterocycles. The maximum absolute atomic E-state index is 12.2. The van der Waals surface area contributed by atoms with Gasteiger partial charge in [-0.15, -0.1) is 0 Å². The van der Waals surface area contributed by atoms with E-state index in [9.17, 15) is 4.79 Å². The Labute approximate surface area is 122 Å². The molecule has 1 aromatic carbocycles. The molecule has 0 saturated carbocycles. The summed E-state index contributed by atoms with van der Waals surface area (Å²) in [4.78, 5) is 12.2. The van der Waals surface area contributed by atoms with Crippen molar-refractivity contribution in [1.82, 2.24) is 10.6 Å². The Morgan fingerprint density at radius 2 is 2.10 bits per heavy atom. The molecule has 0 aliphatic carbocycles. The summed E-state index contributed by atoms with van der Waals surface area (Å²) in [5.74, 6) is 0.726. The maximum atomic E-state index is 12.2. The Morgan fingerprint density at radius 1 is 1.35 bits per heavy atom. The highest BCUT2D eigenvalue weighted by Gasteiger charge is 2.21. The van der Waals surface area contributed by atoms with Gasteiger partial charge in [0, 0.05) is 12.5 Å². The average molecular weight is 274 g/mol. The second kappa shape index (κ2) is 7.44. The number of hydrogen-bond donors (Lipinski definition) is 2. The van der Waals surface area contributed by atoms with E-state index in [4.69, 9.17) is 0 Å². The largest absolute Gasteiger partial charge is 0.349 e. The average Bonchev–Trinajstić information content (AvgIpc) is 2.91. The Hall–Kier alpha value is -1.35. The van der Waals surface area contributed by atoms with Crippen molar-refractivity contribution in [2.24, 2.45) is 5.92 Å². The molecule has 0 spiro atoms. The van der Waals surface area contributed by atoms with E-state index < -0.39 is 0 Å². The predicted octanol–water partition coefficient (Wildman–Crippen LogP) is 3.03. The Balaban J connectivity index is 1.94. The molecule has 20 heavy (non-hydrogen) atoms. The van der Waals surface area contributed by atoms with Crippen LogP contribution < -0.4 is 10.6 Å². The van der Waals surface area contributed by atoms with Crippen molar-refractivity contribution in [3.63, 3.8) is 0 Å². The molecule has 2 N–H and O–H groups in total. The van der Waals surface area contributed by atoms with Gasteiger partial charge < -0.3 is 10.6 Å². The van der Waals surface area contributed by atoms with Crippen LogP contribution in [0.2, 0.25) is 0 Å². The van der Waals surface area contributed by atoms with E-state index in [-0.39, 0.29) is 11.9 Å². The van der Waals surface area contributed by atoms with Crippen LogP contribution in [0, 0.1) is 5.92 Å². The highest BCUT2D eigenvalue weighted by molar-refractivity contribution is 5.77. The smallest absolute Gasteiger partial charge is 0.222 e. The van der Waals surface area contributed by atoms with Gasteiger partial charge in [-0.1, -0.05) is 44.2 Å². The molecular weight excluding hydrogens is 248 g/mol. The van der Waals surface area contributed by atoms with Crippen LogP contribution in [0.15, 0.2) is 30.3 Å². The number of amides is 1. The summed E-state index contributed by atoms with van der Waals surface area (Å²) in [5.41, 5.74) is 1.20. The minimum atomic E-state index is 0.130. The van der Waals surface area contributed by atoms with E-state index in [1.165, 1.54) is 12.0 Å². The van der Waals surface area contributed by atoms with E-state index in [1.54, 1.807) is 0 Å². The molecule has 1 amide bonds. The van der Waals surface area contributed by atoms with Crippen molar-refractivity contribution in [3.8, 4) is 0 Å². The molecule has 110 valence electrons. The summed E-state index contributed by atoms with van der Waals surface area (Å²) in [6.07, 6.45) is 3.88. The van der Waals surface area contributed by atoms with Gasteiger partial charge in [-0.3, -0.25) is 4.79 Å². The SMILES string of the molecule is CC(C)CC(NC(=O)CC1CCCN1)c1ccccc1. The third-order valence-electron chi connectivity index (χ3n) is 3.84. The van der Waals surface area contributed by atoms with E-state index in [0.717, 1.165) is 19.4 Å². The quantitative estimate of drug-likeness (QED) is 0.837. The van der Waals surface area contributed by atoms with Gasteiger partial charge in [0.2, 0.25) is 5.91 Å². The van der Waals surface area contributed by atoms with E-state index in [1.807, 2.05) is 18.2 Å². The van der Waals surface area contributed by atoms with E-state index in [2.05, 4.69) is 36.6 Å². The predicted molar refractivity (Wildman–Crippen MR) is 82.4 cm³/mol. The lowest BCUT2D eigenvalue weighted by Crippen LogP contribution is -2.34. The van der Waals surface area contributed by atoms with Crippen molar-refractivity contribution in [2.75, 3.05) is 6.54 Å². The summed E-state index contributed by atoms with van der Waals surface area (Å²) < 4.78 is 0. The van der Waals surface area contributed by atoms with Crippen molar-refractivity contribution in [3.05, 3.63) is 35.9 Å². The Kier molecular flexibility index (Phi) is 5.60. The maximum Gasteiger partial charge on any atom is 0.222 e. The third kappa shape index (κ3) is 4.64. The van der Waals surface area contributed by atoms with E-state index >= 15 is 0 Å². The summed E-state index contributed by atoms with van der Waals surface area (Å²) in [5, 5.41) is 6.59. The number of rotatable bonds is 6. The molecular formula is C17H26N2O. The van der Waals surface area contributed by atoms with Crippen molar-refractivity contribution >= 4 is 5.91 Å². The van der Waals surface area contributed by atoms with E-state index in [0.29, 0.717) is 18.4 Å². The van der Waals surface area contributed by atoms with Gasteiger partial charge in [-0.25, -0.2) is 0 Å². The monoisotopic (exact) mass is 274 g/mol. The van der Waals surface area contributed by atoms with Crippen LogP contribution in [0.1, 0.15) is 51.1 Å². The van der Waals surface area contributed by atoms with Crippen LogP contribution >= 0.6 is 0 Å². The topological polar surface area (TPSA) is 41.1 Å². The zero-order valence-corrected chi connectivity index (χ0v) is 12.6. The van der Waals surface area contributed by atoms with Crippen LogP contribution in [-0.4, -0.2) is 18.5 Å². The van der Waals surface area contributed by atoms with Gasteiger partial charge in [-0.05, 0) is 37.3 Å². The minimum absolute atomic E-state index is 0.130. The molecule has 0 radical (unpaired) electrons. The summed E-state index contributed by atoms with van der Waals surface area (Å²) in [6, 6.07) is 10.8. The fraction of sp³-hybridized carbons (Fsp3) is 0.588. The lowest BCUT2D eigenvalue weighted by atomic mass is 9.96. The standard InChI is InChI=1S/C17H26N2O/c1-13(2)11-16(14-7-4-3-5-8-14)19-17(20)12-15-9-6-10-18-15/h3-5,7-8,13,15-16,18H,6,9-12H2,1-2H3,(H,19,20). The molecule has 2 rings (SSSR count). The van der Waals surface area contributed by atoms with Crippen molar-refractivity contribution in [1.29, 1.82) is 0 Å². The zero-order valence-electron chi connectivity index (χ0n) is 12.6. The highest BCUT2D eigenvalue weighted by atomic mass is 16.1.